The fourth-order valence-corrected chi connectivity index (χ4v) is 3.80. The van der Waals surface area contributed by atoms with Crippen molar-refractivity contribution in [2.45, 2.75) is 40.2 Å². The monoisotopic (exact) mass is 471 g/mol. The van der Waals surface area contributed by atoms with Crippen LogP contribution >= 0.6 is 0 Å². The predicted molar refractivity (Wildman–Crippen MR) is 138 cm³/mol. The molecule has 7 heteroatoms. The number of piperazine rings is 1. The first kappa shape index (κ1) is 27.6. The number of benzene rings is 2. The summed E-state index contributed by atoms with van der Waals surface area (Å²) in [6.07, 6.45) is 0.656. The normalized spacial score (nSPS) is 15.1. The highest BCUT2D eigenvalue weighted by Crippen LogP contribution is 2.25. The molecule has 1 atom stereocenters. The molecule has 0 spiro atoms. The molecule has 7 nitrogen and oxygen atoms in total. The van der Waals surface area contributed by atoms with Gasteiger partial charge in [0.05, 0.1) is 13.7 Å². The number of carbonyl (C=O) groups excluding carboxylic acids is 1. The van der Waals surface area contributed by atoms with Crippen molar-refractivity contribution < 1.29 is 19.4 Å². The summed E-state index contributed by atoms with van der Waals surface area (Å²) in [5, 5.41) is 13.4. The summed E-state index contributed by atoms with van der Waals surface area (Å²) in [7, 11) is 1.60. The number of rotatable bonds is 9. The van der Waals surface area contributed by atoms with Crippen molar-refractivity contribution in [2.75, 3.05) is 58.3 Å². The molecular formula is C27H41N3O4. The Kier molecular flexibility index (Phi) is 11.9. The summed E-state index contributed by atoms with van der Waals surface area (Å²) in [5.74, 6) is 1.29. The van der Waals surface area contributed by atoms with Gasteiger partial charge >= 0.3 is 0 Å². The van der Waals surface area contributed by atoms with Gasteiger partial charge in [-0.25, -0.2) is 0 Å². The van der Waals surface area contributed by atoms with E-state index in [0.29, 0.717) is 24.6 Å². The van der Waals surface area contributed by atoms with Crippen LogP contribution in [0.4, 0.5) is 5.69 Å². The van der Waals surface area contributed by atoms with Crippen LogP contribution in [0.3, 0.4) is 0 Å². The van der Waals surface area contributed by atoms with E-state index in [4.69, 9.17) is 9.47 Å². The van der Waals surface area contributed by atoms with Crippen molar-refractivity contribution in [3.05, 3.63) is 53.6 Å². The molecule has 2 aromatic rings. The highest BCUT2D eigenvalue weighted by molar-refractivity contribution is 5.93. The van der Waals surface area contributed by atoms with E-state index in [-0.39, 0.29) is 12.5 Å². The lowest BCUT2D eigenvalue weighted by atomic mass is 10.1. The van der Waals surface area contributed by atoms with E-state index in [0.717, 1.165) is 43.0 Å². The summed E-state index contributed by atoms with van der Waals surface area (Å²) in [5.41, 5.74) is 3.05. The second-order valence-corrected chi connectivity index (χ2v) is 8.71. The van der Waals surface area contributed by atoms with E-state index in [2.05, 4.69) is 29.0 Å². The lowest BCUT2D eigenvalue weighted by molar-refractivity contribution is -0.117. The molecule has 3 rings (SSSR count). The molecule has 0 saturated carbocycles. The van der Waals surface area contributed by atoms with Crippen molar-refractivity contribution in [3.63, 3.8) is 0 Å². The van der Waals surface area contributed by atoms with Crippen LogP contribution in [0, 0.1) is 13.8 Å². The Morgan fingerprint density at radius 1 is 0.971 bits per heavy atom. The van der Waals surface area contributed by atoms with Crippen molar-refractivity contribution in [2.24, 2.45) is 0 Å². The van der Waals surface area contributed by atoms with Gasteiger partial charge < -0.3 is 19.9 Å². The molecule has 1 unspecified atom stereocenters. The number of amides is 1. The fourth-order valence-electron chi connectivity index (χ4n) is 3.80. The molecule has 188 valence electrons. The number of hydrogen-bond acceptors (Lipinski definition) is 6. The van der Waals surface area contributed by atoms with Gasteiger partial charge in [0, 0.05) is 38.4 Å². The average Bonchev–Trinajstić information content (AvgIpc) is 2.82. The molecule has 1 aliphatic rings. The Balaban J connectivity index is 0.00000129. The second-order valence-electron chi connectivity index (χ2n) is 8.71. The highest BCUT2D eigenvalue weighted by Gasteiger charge is 2.21. The first-order valence-corrected chi connectivity index (χ1v) is 12.1. The molecule has 1 aliphatic heterocycles. The van der Waals surface area contributed by atoms with Gasteiger partial charge in [-0.15, -0.1) is 0 Å². The standard InChI is InChI=1S/C24H33N3O4.C3H8/c1-18-7-6-8-19(2)24(18)25-23(29)16-27-13-11-26(12-14-27)15-20(28)17-31-22-10-5-4-9-21(22)30-3;1-3-2/h4-10,20,28H,11-17H2,1-3H3,(H,25,29);3H2,1-2H3. The Labute approximate surface area is 204 Å². The van der Waals surface area contributed by atoms with Crippen molar-refractivity contribution in [3.8, 4) is 11.5 Å². The van der Waals surface area contributed by atoms with Gasteiger partial charge in [-0.3, -0.25) is 14.6 Å². The smallest absolute Gasteiger partial charge is 0.238 e. The molecule has 0 radical (unpaired) electrons. The van der Waals surface area contributed by atoms with E-state index in [1.54, 1.807) is 7.11 Å². The lowest BCUT2D eigenvalue weighted by Gasteiger charge is -2.35. The van der Waals surface area contributed by atoms with Crippen LogP contribution < -0.4 is 14.8 Å². The summed E-state index contributed by atoms with van der Waals surface area (Å²) in [6, 6.07) is 13.4. The summed E-state index contributed by atoms with van der Waals surface area (Å²) in [6.45, 7) is 12.6. The molecular weight excluding hydrogens is 430 g/mol. The number of carbonyl (C=O) groups is 1. The summed E-state index contributed by atoms with van der Waals surface area (Å²) in [4.78, 5) is 16.8. The number of hydrogen-bond donors (Lipinski definition) is 2. The van der Waals surface area contributed by atoms with E-state index >= 15 is 0 Å². The Morgan fingerprint density at radius 2 is 1.53 bits per heavy atom. The lowest BCUT2D eigenvalue weighted by Crippen LogP contribution is -2.50. The van der Waals surface area contributed by atoms with Gasteiger partial charge in [0.15, 0.2) is 11.5 Å². The fraction of sp³-hybridized carbons (Fsp3) is 0.519. The average molecular weight is 472 g/mol. The second kappa shape index (κ2) is 14.6. The minimum absolute atomic E-state index is 0.0103. The minimum Gasteiger partial charge on any atom is -0.493 e. The number of nitrogens with one attached hydrogen (secondary N) is 1. The number of aliphatic hydroxyl groups excluding tert-OH is 1. The number of aliphatic hydroxyl groups is 1. The van der Waals surface area contributed by atoms with Crippen LogP contribution in [-0.2, 0) is 4.79 Å². The largest absolute Gasteiger partial charge is 0.493 e. The van der Waals surface area contributed by atoms with Crippen molar-refractivity contribution in [1.82, 2.24) is 9.80 Å². The molecule has 2 N–H and O–H groups in total. The van der Waals surface area contributed by atoms with Gasteiger partial charge in [0.1, 0.15) is 12.7 Å². The molecule has 1 heterocycles. The van der Waals surface area contributed by atoms with Crippen LogP contribution in [0.25, 0.3) is 0 Å². The van der Waals surface area contributed by atoms with Gasteiger partial charge in [0.2, 0.25) is 5.91 Å². The number of methoxy groups -OCH3 is 1. The molecule has 1 fully saturated rings. The van der Waals surface area contributed by atoms with E-state index in [9.17, 15) is 9.90 Å². The minimum atomic E-state index is -0.594. The zero-order valence-electron chi connectivity index (χ0n) is 21.3. The Hall–Kier alpha value is -2.61. The Morgan fingerprint density at radius 3 is 2.12 bits per heavy atom. The third-order valence-electron chi connectivity index (χ3n) is 5.55. The number of ether oxygens (including phenoxy) is 2. The molecule has 0 aromatic heterocycles. The maximum absolute atomic E-state index is 12.5. The van der Waals surface area contributed by atoms with Crippen LogP contribution in [0.1, 0.15) is 31.4 Å². The van der Waals surface area contributed by atoms with Crippen LogP contribution in [0.15, 0.2) is 42.5 Å². The quantitative estimate of drug-likeness (QED) is 0.581. The zero-order chi connectivity index (χ0) is 24.9. The predicted octanol–water partition coefficient (Wildman–Crippen LogP) is 3.72. The van der Waals surface area contributed by atoms with Crippen molar-refractivity contribution in [1.29, 1.82) is 0 Å². The number of nitrogens with zero attached hydrogens (tertiary/aromatic N) is 2. The molecule has 1 saturated heterocycles. The molecule has 34 heavy (non-hydrogen) atoms. The van der Waals surface area contributed by atoms with E-state index in [1.165, 1.54) is 6.42 Å². The molecule has 0 bridgehead atoms. The first-order chi connectivity index (χ1) is 16.4. The van der Waals surface area contributed by atoms with Gasteiger partial charge in [-0.1, -0.05) is 50.6 Å². The van der Waals surface area contributed by atoms with Crippen molar-refractivity contribution >= 4 is 11.6 Å². The van der Waals surface area contributed by atoms with Crippen LogP contribution in [0.2, 0.25) is 0 Å². The zero-order valence-corrected chi connectivity index (χ0v) is 21.3. The van der Waals surface area contributed by atoms with Gasteiger partial charge in [-0.05, 0) is 37.1 Å². The number of anilines is 1. The van der Waals surface area contributed by atoms with Crippen LogP contribution in [0.5, 0.6) is 11.5 Å². The number of β-amino-alcohol motifs (C(OH)–C–C–N with tert-alkyl or cyclic N) is 1. The summed E-state index contributed by atoms with van der Waals surface area (Å²) < 4.78 is 11.0. The molecule has 2 aromatic carbocycles. The Bertz CT molecular complexity index is 862. The van der Waals surface area contributed by atoms with Gasteiger partial charge in [-0.2, -0.15) is 0 Å². The van der Waals surface area contributed by atoms with Crippen LogP contribution in [-0.4, -0.2) is 79.9 Å². The highest BCUT2D eigenvalue weighted by atomic mass is 16.5. The third kappa shape index (κ3) is 8.97. The first-order valence-electron chi connectivity index (χ1n) is 12.1. The number of para-hydroxylation sites is 3. The topological polar surface area (TPSA) is 74.3 Å². The molecule has 0 aliphatic carbocycles. The molecule has 1 amide bonds. The SMILES string of the molecule is CCC.COc1ccccc1OCC(O)CN1CCN(CC(=O)Nc2c(C)cccc2C)CC1. The van der Waals surface area contributed by atoms with E-state index < -0.39 is 6.10 Å². The van der Waals surface area contributed by atoms with E-state index in [1.807, 2.05) is 56.3 Å². The number of aryl methyl sites for hydroxylation is 2. The maximum Gasteiger partial charge on any atom is 0.238 e. The maximum atomic E-state index is 12.5. The summed E-state index contributed by atoms with van der Waals surface area (Å²) >= 11 is 0. The third-order valence-corrected chi connectivity index (χ3v) is 5.55. The van der Waals surface area contributed by atoms with Gasteiger partial charge in [0.25, 0.3) is 0 Å².